The zero-order valence-corrected chi connectivity index (χ0v) is 12.6. The summed E-state index contributed by atoms with van der Waals surface area (Å²) >= 11 is 3.53. The minimum absolute atomic E-state index is 0.156. The molecule has 0 N–H and O–H groups in total. The van der Waals surface area contributed by atoms with E-state index in [0.29, 0.717) is 25.2 Å². The summed E-state index contributed by atoms with van der Waals surface area (Å²) in [5.41, 5.74) is 3.17. The van der Waals surface area contributed by atoms with Gasteiger partial charge in [0, 0.05) is 23.5 Å². The van der Waals surface area contributed by atoms with Crippen LogP contribution in [0.1, 0.15) is 34.8 Å². The quantitative estimate of drug-likeness (QED) is 0.783. The lowest BCUT2D eigenvalue weighted by Gasteiger charge is -2.25. The highest BCUT2D eigenvalue weighted by atomic mass is 79.9. The monoisotopic (exact) mass is 323 g/mol. The number of carbonyl (C=O) groups is 1. The van der Waals surface area contributed by atoms with Crippen molar-refractivity contribution in [2.75, 3.05) is 11.9 Å². The highest BCUT2D eigenvalue weighted by Crippen LogP contribution is 2.28. The van der Waals surface area contributed by atoms with Crippen LogP contribution in [0, 0.1) is 5.92 Å². The van der Waals surface area contributed by atoms with E-state index in [4.69, 9.17) is 4.74 Å². The third-order valence-electron chi connectivity index (χ3n) is 4.27. The maximum Gasteiger partial charge on any atom is 0.254 e. The molecule has 4 heteroatoms. The topological polar surface area (TPSA) is 29.5 Å². The van der Waals surface area contributed by atoms with Gasteiger partial charge in [0.25, 0.3) is 5.91 Å². The second kappa shape index (κ2) is 5.25. The molecule has 1 amide bonds. The highest BCUT2D eigenvalue weighted by molar-refractivity contribution is 9.09. The summed E-state index contributed by atoms with van der Waals surface area (Å²) in [6.45, 7) is 4.39. The summed E-state index contributed by atoms with van der Waals surface area (Å²) in [6, 6.07) is 6.28. The summed E-state index contributed by atoms with van der Waals surface area (Å²) in [6.07, 6.45) is 1.09. The molecule has 3 nitrogen and oxygen atoms in total. The molecule has 0 radical (unpaired) electrons. The van der Waals surface area contributed by atoms with Gasteiger partial charge in [0.05, 0.1) is 13.2 Å². The molecule has 1 aromatic carbocycles. The molecule has 2 heterocycles. The Kier molecular flexibility index (Phi) is 3.63. The number of likely N-dealkylation sites (tertiary alicyclic amines) is 1. The van der Waals surface area contributed by atoms with E-state index in [1.807, 2.05) is 23.1 Å². The number of carbonyl (C=O) groups excluding carboxylic acids is 1. The lowest BCUT2D eigenvalue weighted by Crippen LogP contribution is -2.38. The summed E-state index contributed by atoms with van der Waals surface area (Å²) < 4.78 is 5.40. The van der Waals surface area contributed by atoms with Gasteiger partial charge in [0.15, 0.2) is 0 Å². The van der Waals surface area contributed by atoms with Gasteiger partial charge in [-0.2, -0.15) is 0 Å². The Bertz CT molecular complexity index is 503. The predicted octanol–water partition coefficient (Wildman–Crippen LogP) is 2.96. The molecular weight excluding hydrogens is 306 g/mol. The van der Waals surface area contributed by atoms with E-state index in [-0.39, 0.29) is 5.91 Å². The third-order valence-corrected chi connectivity index (χ3v) is 4.93. The zero-order valence-electron chi connectivity index (χ0n) is 11.1. The van der Waals surface area contributed by atoms with Crippen molar-refractivity contribution in [3.63, 3.8) is 0 Å². The molecular formula is C15H18BrNO2. The fourth-order valence-corrected chi connectivity index (χ4v) is 3.95. The summed E-state index contributed by atoms with van der Waals surface area (Å²) in [4.78, 5) is 14.6. The number of fused-ring (bicyclic) bond motifs is 1. The largest absolute Gasteiger partial charge is 0.372 e. The fraction of sp³-hybridized carbons (Fsp3) is 0.533. The molecule has 0 saturated carbocycles. The van der Waals surface area contributed by atoms with Crippen molar-refractivity contribution < 1.29 is 9.53 Å². The Hall–Kier alpha value is -0.870. The van der Waals surface area contributed by atoms with E-state index in [1.165, 1.54) is 5.56 Å². The van der Waals surface area contributed by atoms with E-state index in [2.05, 4.69) is 22.9 Å². The Labute approximate surface area is 122 Å². The molecule has 0 aliphatic carbocycles. The molecule has 1 fully saturated rings. The van der Waals surface area contributed by atoms with Crippen molar-refractivity contribution in [2.24, 2.45) is 5.92 Å². The lowest BCUT2D eigenvalue weighted by atomic mass is 10.0. The number of hydrogen-bond donors (Lipinski definition) is 0. The number of rotatable bonds is 2. The number of alkyl halides is 1. The van der Waals surface area contributed by atoms with Crippen molar-refractivity contribution in [3.8, 4) is 0 Å². The van der Waals surface area contributed by atoms with Gasteiger partial charge in [0.2, 0.25) is 0 Å². The Morgan fingerprint density at radius 3 is 3.00 bits per heavy atom. The van der Waals surface area contributed by atoms with Crippen molar-refractivity contribution in [1.82, 2.24) is 4.90 Å². The van der Waals surface area contributed by atoms with Crippen LogP contribution in [0.15, 0.2) is 18.2 Å². The SMILES string of the molecule is CC1CCN(C(=O)c2ccc3c(c2)COC3)C1CBr. The van der Waals surface area contributed by atoms with E-state index in [1.54, 1.807) is 0 Å². The van der Waals surface area contributed by atoms with Crippen molar-refractivity contribution in [2.45, 2.75) is 32.6 Å². The molecule has 102 valence electrons. The molecule has 2 aliphatic rings. The van der Waals surface area contributed by atoms with Crippen LogP contribution in [0.4, 0.5) is 0 Å². The Morgan fingerprint density at radius 1 is 1.42 bits per heavy atom. The molecule has 3 rings (SSSR count). The molecule has 2 aliphatic heterocycles. The number of ether oxygens (including phenoxy) is 1. The molecule has 2 atom stereocenters. The predicted molar refractivity (Wildman–Crippen MR) is 77.3 cm³/mol. The smallest absolute Gasteiger partial charge is 0.254 e. The van der Waals surface area contributed by atoms with Gasteiger partial charge < -0.3 is 9.64 Å². The van der Waals surface area contributed by atoms with Crippen LogP contribution in [-0.4, -0.2) is 28.7 Å². The van der Waals surface area contributed by atoms with Gasteiger partial charge in [0.1, 0.15) is 0 Å². The minimum Gasteiger partial charge on any atom is -0.372 e. The summed E-state index contributed by atoms with van der Waals surface area (Å²) in [5, 5.41) is 0.855. The van der Waals surface area contributed by atoms with Gasteiger partial charge in [-0.05, 0) is 35.6 Å². The van der Waals surface area contributed by atoms with Crippen LogP contribution < -0.4 is 0 Å². The van der Waals surface area contributed by atoms with Crippen LogP contribution in [0.3, 0.4) is 0 Å². The number of benzene rings is 1. The van der Waals surface area contributed by atoms with Gasteiger partial charge in [-0.25, -0.2) is 0 Å². The molecule has 0 bridgehead atoms. The first kappa shape index (κ1) is 13.1. The molecule has 0 spiro atoms. The van der Waals surface area contributed by atoms with Crippen molar-refractivity contribution >= 4 is 21.8 Å². The second-order valence-electron chi connectivity index (χ2n) is 5.46. The van der Waals surface area contributed by atoms with E-state index in [9.17, 15) is 4.79 Å². The normalized spacial score (nSPS) is 25.7. The lowest BCUT2D eigenvalue weighted by molar-refractivity contribution is 0.0738. The first-order valence-corrected chi connectivity index (χ1v) is 7.89. The molecule has 1 saturated heterocycles. The van der Waals surface area contributed by atoms with Gasteiger partial charge in [-0.15, -0.1) is 0 Å². The number of nitrogens with zero attached hydrogens (tertiary/aromatic N) is 1. The fourth-order valence-electron chi connectivity index (χ4n) is 2.97. The maximum absolute atomic E-state index is 12.6. The van der Waals surface area contributed by atoms with Crippen LogP contribution in [0.5, 0.6) is 0 Å². The van der Waals surface area contributed by atoms with Crippen LogP contribution in [0.2, 0.25) is 0 Å². The van der Waals surface area contributed by atoms with E-state index in [0.717, 1.165) is 29.4 Å². The van der Waals surface area contributed by atoms with Crippen LogP contribution in [0.25, 0.3) is 0 Å². The van der Waals surface area contributed by atoms with Gasteiger partial charge in [-0.1, -0.05) is 28.9 Å². The Balaban J connectivity index is 1.84. The first-order valence-electron chi connectivity index (χ1n) is 6.77. The number of halogens is 1. The average molecular weight is 324 g/mol. The van der Waals surface area contributed by atoms with E-state index < -0.39 is 0 Å². The van der Waals surface area contributed by atoms with Crippen molar-refractivity contribution in [1.29, 1.82) is 0 Å². The zero-order chi connectivity index (χ0) is 13.4. The molecule has 0 aromatic heterocycles. The van der Waals surface area contributed by atoms with Crippen LogP contribution in [-0.2, 0) is 18.0 Å². The molecule has 1 aromatic rings. The van der Waals surface area contributed by atoms with Gasteiger partial charge >= 0.3 is 0 Å². The first-order chi connectivity index (χ1) is 9.20. The summed E-state index contributed by atoms with van der Waals surface area (Å²) in [5.74, 6) is 0.726. The maximum atomic E-state index is 12.6. The standard InChI is InChI=1S/C15H18BrNO2/c1-10-4-5-17(14(10)7-16)15(18)11-2-3-12-8-19-9-13(12)6-11/h2-3,6,10,14H,4-5,7-9H2,1H3. The highest BCUT2D eigenvalue weighted by Gasteiger charge is 2.34. The van der Waals surface area contributed by atoms with Crippen molar-refractivity contribution in [3.05, 3.63) is 34.9 Å². The van der Waals surface area contributed by atoms with Crippen LogP contribution >= 0.6 is 15.9 Å². The Morgan fingerprint density at radius 2 is 2.21 bits per heavy atom. The molecule has 2 unspecified atom stereocenters. The average Bonchev–Trinajstić information content (AvgIpc) is 3.02. The van der Waals surface area contributed by atoms with E-state index >= 15 is 0 Å². The third kappa shape index (κ3) is 2.32. The second-order valence-corrected chi connectivity index (χ2v) is 6.11. The number of hydrogen-bond acceptors (Lipinski definition) is 2. The van der Waals surface area contributed by atoms with Gasteiger partial charge in [-0.3, -0.25) is 4.79 Å². The molecule has 19 heavy (non-hydrogen) atoms. The minimum atomic E-state index is 0.156. The summed E-state index contributed by atoms with van der Waals surface area (Å²) in [7, 11) is 0. The number of amides is 1.